The van der Waals surface area contributed by atoms with E-state index in [0.717, 1.165) is 0 Å². The molecule has 2 aromatic rings. The summed E-state index contributed by atoms with van der Waals surface area (Å²) in [5, 5.41) is 0. The lowest BCUT2D eigenvalue weighted by molar-refractivity contribution is 0.317. The molecular formula is C20H21FO5S2. The Balaban J connectivity index is 2.07. The molecule has 1 unspecified atom stereocenters. The highest BCUT2D eigenvalue weighted by molar-refractivity contribution is 7.90. The normalized spacial score (nSPS) is 12.1. The highest BCUT2D eigenvalue weighted by Gasteiger charge is 2.06. The Hall–Kier alpha value is -2.21. The van der Waals surface area contributed by atoms with E-state index >= 15 is 0 Å². The van der Waals surface area contributed by atoms with E-state index in [1.54, 1.807) is 36.4 Å². The van der Waals surface area contributed by atoms with Gasteiger partial charge in [-0.15, -0.1) is 0 Å². The zero-order chi connectivity index (χ0) is 20.6. The number of hydrogen-bond acceptors (Lipinski definition) is 4. The first-order valence-electron chi connectivity index (χ1n) is 8.52. The fourth-order valence-electron chi connectivity index (χ4n) is 2.36. The average molecular weight is 425 g/mol. The SMILES string of the molecule is CS(=O)(=O)CCCOc1ccccc1C#Cc1ccc(CCS(=O)O)c(F)c1. The van der Waals surface area contributed by atoms with Gasteiger partial charge in [0.1, 0.15) is 21.4 Å². The maximum atomic E-state index is 14.1. The van der Waals surface area contributed by atoms with Crippen molar-refractivity contribution in [3.63, 3.8) is 0 Å². The lowest BCUT2D eigenvalue weighted by Crippen LogP contribution is -2.08. The van der Waals surface area contributed by atoms with Crippen molar-refractivity contribution in [2.24, 2.45) is 0 Å². The van der Waals surface area contributed by atoms with Gasteiger partial charge in [-0.05, 0) is 42.7 Å². The first-order chi connectivity index (χ1) is 13.2. The van der Waals surface area contributed by atoms with Crippen LogP contribution >= 0.6 is 0 Å². The molecule has 28 heavy (non-hydrogen) atoms. The van der Waals surface area contributed by atoms with Gasteiger partial charge in [-0.2, -0.15) is 0 Å². The molecule has 0 bridgehead atoms. The van der Waals surface area contributed by atoms with Gasteiger partial charge in [-0.3, -0.25) is 0 Å². The van der Waals surface area contributed by atoms with Crippen molar-refractivity contribution in [3.8, 4) is 17.6 Å². The summed E-state index contributed by atoms with van der Waals surface area (Å²) in [7, 11) is -3.03. The molecule has 0 aromatic heterocycles. The van der Waals surface area contributed by atoms with E-state index < -0.39 is 26.7 Å². The fraction of sp³-hybridized carbons (Fsp3) is 0.300. The molecule has 0 spiro atoms. The third kappa shape index (κ3) is 7.80. The Morgan fingerprint density at radius 1 is 1.18 bits per heavy atom. The van der Waals surface area contributed by atoms with Gasteiger partial charge in [0.25, 0.3) is 0 Å². The second-order valence-electron chi connectivity index (χ2n) is 6.16. The van der Waals surface area contributed by atoms with E-state index in [1.165, 1.54) is 12.3 Å². The quantitative estimate of drug-likeness (QED) is 0.400. The van der Waals surface area contributed by atoms with Gasteiger partial charge in [0, 0.05) is 11.8 Å². The van der Waals surface area contributed by atoms with Crippen LogP contribution in [0.3, 0.4) is 0 Å². The van der Waals surface area contributed by atoms with E-state index in [4.69, 9.17) is 9.29 Å². The predicted octanol–water partition coefficient (Wildman–Crippen LogP) is 2.80. The van der Waals surface area contributed by atoms with Crippen LogP contribution in [0.15, 0.2) is 42.5 Å². The zero-order valence-electron chi connectivity index (χ0n) is 15.4. The second kappa shape index (κ2) is 10.4. The summed E-state index contributed by atoms with van der Waals surface area (Å²) < 4.78 is 61.5. The predicted molar refractivity (Wildman–Crippen MR) is 108 cm³/mol. The van der Waals surface area contributed by atoms with Gasteiger partial charge in [0.2, 0.25) is 0 Å². The molecule has 0 heterocycles. The maximum absolute atomic E-state index is 14.1. The van der Waals surface area contributed by atoms with Crippen LogP contribution < -0.4 is 4.74 Å². The Bertz CT molecular complexity index is 1010. The van der Waals surface area contributed by atoms with Gasteiger partial charge in [-0.1, -0.05) is 30.0 Å². The highest BCUT2D eigenvalue weighted by atomic mass is 32.2. The van der Waals surface area contributed by atoms with Crippen molar-refractivity contribution in [3.05, 3.63) is 65.0 Å². The van der Waals surface area contributed by atoms with Crippen LogP contribution in [0.25, 0.3) is 0 Å². The van der Waals surface area contributed by atoms with Crippen LogP contribution in [0.4, 0.5) is 4.39 Å². The van der Waals surface area contributed by atoms with Crippen molar-refractivity contribution >= 4 is 20.9 Å². The molecular weight excluding hydrogens is 403 g/mol. The first kappa shape index (κ1) is 22.1. The monoisotopic (exact) mass is 424 g/mol. The topological polar surface area (TPSA) is 80.7 Å². The highest BCUT2D eigenvalue weighted by Crippen LogP contribution is 2.18. The molecule has 0 aliphatic rings. The van der Waals surface area contributed by atoms with Crippen molar-refractivity contribution in [2.45, 2.75) is 12.8 Å². The minimum Gasteiger partial charge on any atom is -0.492 e. The van der Waals surface area contributed by atoms with Gasteiger partial charge in [0.15, 0.2) is 11.1 Å². The molecule has 0 amide bonds. The third-order valence-electron chi connectivity index (χ3n) is 3.74. The van der Waals surface area contributed by atoms with Gasteiger partial charge >= 0.3 is 0 Å². The molecule has 150 valence electrons. The molecule has 2 aromatic carbocycles. The van der Waals surface area contributed by atoms with Crippen LogP contribution in [0.5, 0.6) is 5.75 Å². The number of aryl methyl sites for hydroxylation is 1. The smallest absolute Gasteiger partial charge is 0.153 e. The number of para-hydroxylation sites is 1. The van der Waals surface area contributed by atoms with Crippen molar-refractivity contribution in [1.29, 1.82) is 0 Å². The van der Waals surface area contributed by atoms with Gasteiger partial charge in [0.05, 0.1) is 23.7 Å². The molecule has 8 heteroatoms. The molecule has 1 N–H and O–H groups in total. The number of benzene rings is 2. The Labute approximate surface area is 167 Å². The van der Waals surface area contributed by atoms with E-state index in [1.807, 2.05) is 0 Å². The molecule has 0 aliphatic carbocycles. The standard InChI is InChI=1S/C20H21FO5S2/c1-28(24,25)14-4-12-26-20-6-3-2-5-18(20)10-8-16-7-9-17(19(21)15-16)11-13-27(22)23/h2-3,5-7,9,15H,4,11-14H2,1H3,(H,22,23). The van der Waals surface area contributed by atoms with Gasteiger partial charge in [-0.25, -0.2) is 17.0 Å². The van der Waals surface area contributed by atoms with E-state index in [9.17, 15) is 17.0 Å². The number of sulfone groups is 1. The summed E-state index contributed by atoms with van der Waals surface area (Å²) in [6.07, 6.45) is 1.73. The third-order valence-corrected chi connectivity index (χ3v) is 5.33. The summed E-state index contributed by atoms with van der Waals surface area (Å²) in [4.78, 5) is 0. The van der Waals surface area contributed by atoms with Crippen molar-refractivity contribution < 1.29 is 26.3 Å². The first-order valence-corrected chi connectivity index (χ1v) is 11.9. The minimum atomic E-state index is -3.03. The zero-order valence-corrected chi connectivity index (χ0v) is 17.0. The Morgan fingerprint density at radius 3 is 2.61 bits per heavy atom. The Kier molecular flexibility index (Phi) is 8.18. The summed E-state index contributed by atoms with van der Waals surface area (Å²) >= 11 is -1.96. The average Bonchev–Trinajstić information content (AvgIpc) is 2.62. The van der Waals surface area contributed by atoms with E-state index in [2.05, 4.69) is 11.8 Å². The molecule has 1 atom stereocenters. The van der Waals surface area contributed by atoms with Crippen LogP contribution in [-0.4, -0.2) is 41.5 Å². The number of rotatable bonds is 8. The van der Waals surface area contributed by atoms with E-state index in [-0.39, 0.29) is 24.5 Å². The summed E-state index contributed by atoms with van der Waals surface area (Å²) in [5.74, 6) is 5.90. The lowest BCUT2D eigenvalue weighted by atomic mass is 10.1. The van der Waals surface area contributed by atoms with Crippen LogP contribution in [0.2, 0.25) is 0 Å². The molecule has 0 saturated heterocycles. The van der Waals surface area contributed by atoms with Crippen molar-refractivity contribution in [2.75, 3.05) is 24.4 Å². The number of hydrogen-bond donors (Lipinski definition) is 1. The molecule has 0 saturated carbocycles. The summed E-state index contributed by atoms with van der Waals surface area (Å²) in [6.45, 7) is 0.251. The largest absolute Gasteiger partial charge is 0.492 e. The summed E-state index contributed by atoms with van der Waals surface area (Å²) in [6, 6.07) is 11.6. The molecule has 5 nitrogen and oxygen atoms in total. The van der Waals surface area contributed by atoms with E-state index in [0.29, 0.717) is 28.9 Å². The summed E-state index contributed by atoms with van der Waals surface area (Å²) in [5.41, 5.74) is 1.45. The number of ether oxygens (including phenoxy) is 1. The molecule has 0 radical (unpaired) electrons. The molecule has 0 fully saturated rings. The number of halogens is 1. The Morgan fingerprint density at radius 2 is 1.93 bits per heavy atom. The van der Waals surface area contributed by atoms with Crippen molar-refractivity contribution in [1.82, 2.24) is 0 Å². The fourth-order valence-corrected chi connectivity index (χ4v) is 3.40. The minimum absolute atomic E-state index is 0.0218. The van der Waals surface area contributed by atoms with Gasteiger partial charge < -0.3 is 9.29 Å². The second-order valence-corrected chi connectivity index (χ2v) is 9.47. The molecule has 0 aliphatic heterocycles. The maximum Gasteiger partial charge on any atom is 0.153 e. The molecule has 2 rings (SSSR count). The lowest BCUT2D eigenvalue weighted by Gasteiger charge is -2.07. The van der Waals surface area contributed by atoms with Crippen LogP contribution in [-0.2, 0) is 27.3 Å². The van der Waals surface area contributed by atoms with Crippen LogP contribution in [0, 0.1) is 17.7 Å². The van der Waals surface area contributed by atoms with Crippen LogP contribution in [0.1, 0.15) is 23.1 Å².